The Morgan fingerprint density at radius 3 is 2.55 bits per heavy atom. The summed E-state index contributed by atoms with van der Waals surface area (Å²) in [5, 5.41) is 2.59. The summed E-state index contributed by atoms with van der Waals surface area (Å²) in [5.41, 5.74) is 1.08. The van der Waals surface area contributed by atoms with E-state index in [-0.39, 0.29) is 22.7 Å². The molecule has 9 nitrogen and oxygen atoms in total. The van der Waals surface area contributed by atoms with Gasteiger partial charge in [0.15, 0.2) is 6.10 Å². The van der Waals surface area contributed by atoms with Gasteiger partial charge < -0.3 is 14.8 Å². The van der Waals surface area contributed by atoms with Crippen molar-refractivity contribution in [2.75, 3.05) is 11.9 Å². The number of amides is 1. The van der Waals surface area contributed by atoms with Crippen molar-refractivity contribution in [2.45, 2.75) is 26.9 Å². The first kappa shape index (κ1) is 21.8. The molecule has 31 heavy (non-hydrogen) atoms. The average Bonchev–Trinajstić information content (AvgIpc) is 2.98. The lowest BCUT2D eigenvalue weighted by molar-refractivity contribution is -0.123. The highest BCUT2D eigenvalue weighted by Crippen LogP contribution is 2.18. The van der Waals surface area contributed by atoms with Crippen molar-refractivity contribution in [1.29, 1.82) is 0 Å². The van der Waals surface area contributed by atoms with Crippen LogP contribution in [0.25, 0.3) is 5.69 Å². The van der Waals surface area contributed by atoms with Gasteiger partial charge in [0.25, 0.3) is 11.5 Å². The summed E-state index contributed by atoms with van der Waals surface area (Å²) in [7, 11) is 1.72. The zero-order valence-corrected chi connectivity index (χ0v) is 17.8. The molecule has 0 aliphatic carbocycles. The van der Waals surface area contributed by atoms with Gasteiger partial charge in [0.1, 0.15) is 11.3 Å². The number of carbonyl (C=O) groups is 2. The van der Waals surface area contributed by atoms with Crippen LogP contribution in [0.1, 0.15) is 29.9 Å². The van der Waals surface area contributed by atoms with E-state index in [0.717, 1.165) is 0 Å². The van der Waals surface area contributed by atoms with Crippen LogP contribution in [0, 0.1) is 6.92 Å². The third-order valence-electron chi connectivity index (χ3n) is 4.73. The first-order valence-corrected chi connectivity index (χ1v) is 9.78. The minimum absolute atomic E-state index is 0.117. The molecule has 0 radical (unpaired) electrons. The molecule has 0 spiro atoms. The molecule has 3 aromatic rings. The SMILES string of the molecule is CCOc1ncccc1C(=O)OC(C)C(=O)Nc1c(C)n(C)n(-c2ccccc2)c1=O. The van der Waals surface area contributed by atoms with Crippen LogP contribution in [0.15, 0.2) is 53.5 Å². The minimum Gasteiger partial charge on any atom is -0.477 e. The van der Waals surface area contributed by atoms with Gasteiger partial charge in [-0.25, -0.2) is 14.5 Å². The number of nitrogens with zero attached hydrogens (tertiary/aromatic N) is 3. The van der Waals surface area contributed by atoms with Gasteiger partial charge in [-0.15, -0.1) is 0 Å². The Bertz CT molecular complexity index is 1150. The van der Waals surface area contributed by atoms with Crippen LogP contribution in [0.4, 0.5) is 5.69 Å². The van der Waals surface area contributed by atoms with Crippen molar-refractivity contribution in [2.24, 2.45) is 7.05 Å². The summed E-state index contributed by atoms with van der Waals surface area (Å²) >= 11 is 0. The quantitative estimate of drug-likeness (QED) is 0.584. The lowest BCUT2D eigenvalue weighted by Gasteiger charge is -2.14. The van der Waals surface area contributed by atoms with Gasteiger partial charge in [0.2, 0.25) is 5.88 Å². The van der Waals surface area contributed by atoms with E-state index in [2.05, 4.69) is 10.3 Å². The molecule has 1 amide bonds. The summed E-state index contributed by atoms with van der Waals surface area (Å²) in [6.45, 7) is 5.24. The molecule has 0 fully saturated rings. The third-order valence-corrected chi connectivity index (χ3v) is 4.73. The number of nitrogens with one attached hydrogen (secondary N) is 1. The number of aromatic nitrogens is 3. The van der Waals surface area contributed by atoms with Gasteiger partial charge in [0.05, 0.1) is 18.0 Å². The standard InChI is InChI=1S/C22H24N4O5/c1-5-30-20-17(12-9-13-23-20)22(29)31-15(3)19(27)24-18-14(2)25(4)26(21(18)28)16-10-7-6-8-11-16/h6-13,15H,5H2,1-4H3,(H,24,27). The maximum Gasteiger partial charge on any atom is 0.344 e. The Balaban J connectivity index is 1.78. The topological polar surface area (TPSA) is 104 Å². The first-order chi connectivity index (χ1) is 14.8. The molecule has 3 rings (SSSR count). The monoisotopic (exact) mass is 424 g/mol. The number of pyridine rings is 1. The first-order valence-electron chi connectivity index (χ1n) is 9.78. The van der Waals surface area contributed by atoms with Crippen LogP contribution >= 0.6 is 0 Å². The molecule has 0 saturated carbocycles. The minimum atomic E-state index is -1.15. The fourth-order valence-electron chi connectivity index (χ4n) is 3.01. The Morgan fingerprint density at radius 1 is 1.16 bits per heavy atom. The van der Waals surface area contributed by atoms with Gasteiger partial charge in [-0.3, -0.25) is 14.3 Å². The number of hydrogen-bond donors (Lipinski definition) is 1. The van der Waals surface area contributed by atoms with Crippen LogP contribution in [-0.2, 0) is 16.6 Å². The van der Waals surface area contributed by atoms with Gasteiger partial charge in [0, 0.05) is 13.2 Å². The number of para-hydroxylation sites is 1. The lowest BCUT2D eigenvalue weighted by atomic mass is 10.2. The number of benzene rings is 1. The van der Waals surface area contributed by atoms with Gasteiger partial charge >= 0.3 is 5.97 Å². The van der Waals surface area contributed by atoms with E-state index < -0.39 is 18.0 Å². The highest BCUT2D eigenvalue weighted by atomic mass is 16.5. The number of ether oxygens (including phenoxy) is 2. The van der Waals surface area contributed by atoms with Crippen LogP contribution < -0.4 is 15.6 Å². The molecule has 0 aliphatic heterocycles. The third kappa shape index (κ3) is 4.50. The van der Waals surface area contributed by atoms with Crippen molar-refractivity contribution in [1.82, 2.24) is 14.3 Å². The van der Waals surface area contributed by atoms with Gasteiger partial charge in [-0.2, -0.15) is 0 Å². The van der Waals surface area contributed by atoms with E-state index in [4.69, 9.17) is 9.47 Å². The summed E-state index contributed by atoms with van der Waals surface area (Å²) in [6, 6.07) is 12.1. The molecular formula is C22H24N4O5. The zero-order valence-electron chi connectivity index (χ0n) is 17.8. The molecule has 162 valence electrons. The highest BCUT2D eigenvalue weighted by Gasteiger charge is 2.25. The zero-order chi connectivity index (χ0) is 22.5. The largest absolute Gasteiger partial charge is 0.477 e. The number of hydrogen-bond acceptors (Lipinski definition) is 6. The van der Waals surface area contributed by atoms with E-state index in [0.29, 0.717) is 18.0 Å². The van der Waals surface area contributed by atoms with Crippen LogP contribution in [-0.4, -0.2) is 38.9 Å². The molecule has 2 aromatic heterocycles. The van der Waals surface area contributed by atoms with Crippen LogP contribution in [0.2, 0.25) is 0 Å². The number of esters is 1. The van der Waals surface area contributed by atoms with Crippen molar-refractivity contribution in [3.8, 4) is 11.6 Å². The second-order valence-corrected chi connectivity index (χ2v) is 6.76. The summed E-state index contributed by atoms with van der Waals surface area (Å²) in [5.74, 6) is -1.24. The van der Waals surface area contributed by atoms with E-state index in [1.807, 2.05) is 18.2 Å². The fourth-order valence-corrected chi connectivity index (χ4v) is 3.01. The van der Waals surface area contributed by atoms with Crippen LogP contribution in [0.3, 0.4) is 0 Å². The molecule has 0 bridgehead atoms. The average molecular weight is 424 g/mol. The molecule has 1 aromatic carbocycles. The summed E-state index contributed by atoms with van der Waals surface area (Å²) in [4.78, 5) is 42.1. The number of carbonyl (C=O) groups excluding carboxylic acids is 2. The highest BCUT2D eigenvalue weighted by molar-refractivity contribution is 5.98. The van der Waals surface area contributed by atoms with Crippen molar-refractivity contribution in [3.63, 3.8) is 0 Å². The van der Waals surface area contributed by atoms with Crippen molar-refractivity contribution >= 4 is 17.6 Å². The molecule has 2 heterocycles. The predicted molar refractivity (Wildman–Crippen MR) is 115 cm³/mol. The van der Waals surface area contributed by atoms with Gasteiger partial charge in [-0.1, -0.05) is 18.2 Å². The van der Waals surface area contributed by atoms with Crippen molar-refractivity contribution < 1.29 is 19.1 Å². The molecule has 1 unspecified atom stereocenters. The van der Waals surface area contributed by atoms with Crippen LogP contribution in [0.5, 0.6) is 5.88 Å². The molecular weight excluding hydrogens is 400 g/mol. The molecule has 0 aliphatic rings. The Morgan fingerprint density at radius 2 is 1.87 bits per heavy atom. The normalized spacial score (nSPS) is 11.6. The summed E-state index contributed by atoms with van der Waals surface area (Å²) in [6.07, 6.45) is 0.347. The molecule has 9 heteroatoms. The van der Waals surface area contributed by atoms with E-state index in [1.165, 1.54) is 23.9 Å². The molecule has 1 atom stereocenters. The van der Waals surface area contributed by atoms with E-state index in [9.17, 15) is 14.4 Å². The second kappa shape index (κ2) is 9.29. The Labute approximate surface area is 179 Å². The number of rotatable bonds is 7. The fraction of sp³-hybridized carbons (Fsp3) is 0.273. The Kier molecular flexibility index (Phi) is 6.54. The second-order valence-electron chi connectivity index (χ2n) is 6.76. The Hall–Kier alpha value is -3.88. The summed E-state index contributed by atoms with van der Waals surface area (Å²) < 4.78 is 13.7. The molecule has 1 N–H and O–H groups in total. The number of anilines is 1. The molecule has 0 saturated heterocycles. The smallest absolute Gasteiger partial charge is 0.344 e. The maximum atomic E-state index is 12.9. The van der Waals surface area contributed by atoms with E-state index in [1.54, 1.807) is 43.8 Å². The van der Waals surface area contributed by atoms with Crippen molar-refractivity contribution in [3.05, 3.63) is 70.3 Å². The maximum absolute atomic E-state index is 12.9. The van der Waals surface area contributed by atoms with E-state index >= 15 is 0 Å². The van der Waals surface area contributed by atoms with Gasteiger partial charge in [-0.05, 0) is 45.0 Å². The predicted octanol–water partition coefficient (Wildman–Crippen LogP) is 2.46. The lowest BCUT2D eigenvalue weighted by Crippen LogP contribution is -2.32.